The zero-order valence-electron chi connectivity index (χ0n) is 11.8. The standard InChI is InChI=1S/C14H18BrN3OS/c1-16-12(14-13(19-3)8-17-18(14)2)9-20-11-6-4-5-10(15)7-11/h4-8,12,16H,9H2,1-3H3. The summed E-state index contributed by atoms with van der Waals surface area (Å²) in [6.07, 6.45) is 1.75. The number of hydrogen-bond acceptors (Lipinski definition) is 4. The molecule has 1 unspecified atom stereocenters. The molecule has 0 spiro atoms. The van der Waals surface area contributed by atoms with Gasteiger partial charge in [0.15, 0.2) is 5.75 Å². The summed E-state index contributed by atoms with van der Waals surface area (Å²) in [4.78, 5) is 1.24. The second kappa shape index (κ2) is 7.15. The molecule has 0 fully saturated rings. The number of rotatable bonds is 6. The number of aryl methyl sites for hydroxylation is 1. The first-order valence-corrected chi connectivity index (χ1v) is 8.05. The van der Waals surface area contributed by atoms with Crippen molar-refractivity contribution in [2.45, 2.75) is 10.9 Å². The topological polar surface area (TPSA) is 39.1 Å². The number of benzene rings is 1. The maximum atomic E-state index is 5.38. The van der Waals surface area contributed by atoms with Gasteiger partial charge in [-0.25, -0.2) is 0 Å². The smallest absolute Gasteiger partial charge is 0.161 e. The average Bonchev–Trinajstić information content (AvgIpc) is 2.81. The van der Waals surface area contributed by atoms with Crippen molar-refractivity contribution in [1.29, 1.82) is 0 Å². The molecule has 108 valence electrons. The van der Waals surface area contributed by atoms with E-state index in [4.69, 9.17) is 4.74 Å². The van der Waals surface area contributed by atoms with Crippen molar-refractivity contribution >= 4 is 27.7 Å². The lowest BCUT2D eigenvalue weighted by Crippen LogP contribution is -2.22. The molecule has 0 radical (unpaired) electrons. The van der Waals surface area contributed by atoms with Gasteiger partial charge in [-0.1, -0.05) is 22.0 Å². The van der Waals surface area contributed by atoms with Crippen LogP contribution >= 0.6 is 27.7 Å². The van der Waals surface area contributed by atoms with Crippen molar-refractivity contribution in [3.8, 4) is 5.75 Å². The van der Waals surface area contributed by atoms with E-state index in [1.807, 2.05) is 30.9 Å². The monoisotopic (exact) mass is 355 g/mol. The SMILES string of the molecule is CNC(CSc1cccc(Br)c1)c1c(OC)cnn1C. The van der Waals surface area contributed by atoms with Crippen LogP contribution in [0.15, 0.2) is 39.8 Å². The molecule has 1 heterocycles. The summed E-state index contributed by atoms with van der Waals surface area (Å²) in [5, 5.41) is 7.59. The predicted molar refractivity (Wildman–Crippen MR) is 86.4 cm³/mol. The van der Waals surface area contributed by atoms with E-state index in [1.54, 1.807) is 25.1 Å². The van der Waals surface area contributed by atoms with Crippen LogP contribution in [0.25, 0.3) is 0 Å². The molecule has 0 aliphatic heterocycles. The summed E-state index contributed by atoms with van der Waals surface area (Å²) in [6.45, 7) is 0. The highest BCUT2D eigenvalue weighted by Crippen LogP contribution is 2.30. The Balaban J connectivity index is 2.11. The number of thioether (sulfide) groups is 1. The van der Waals surface area contributed by atoms with Gasteiger partial charge in [0, 0.05) is 22.2 Å². The Hall–Kier alpha value is -0.980. The Bertz CT molecular complexity index is 573. The third-order valence-electron chi connectivity index (χ3n) is 3.06. The number of ether oxygens (including phenoxy) is 1. The molecule has 2 aromatic rings. The van der Waals surface area contributed by atoms with Gasteiger partial charge in [0.2, 0.25) is 0 Å². The molecule has 20 heavy (non-hydrogen) atoms. The van der Waals surface area contributed by atoms with Gasteiger partial charge in [-0.05, 0) is 25.2 Å². The van der Waals surface area contributed by atoms with E-state index in [0.717, 1.165) is 21.7 Å². The van der Waals surface area contributed by atoms with E-state index >= 15 is 0 Å². The van der Waals surface area contributed by atoms with E-state index in [-0.39, 0.29) is 6.04 Å². The minimum Gasteiger partial charge on any atom is -0.493 e. The normalized spacial score (nSPS) is 12.4. The van der Waals surface area contributed by atoms with Crippen LogP contribution in [0.3, 0.4) is 0 Å². The first kappa shape index (κ1) is 15.4. The summed E-state index contributed by atoms with van der Waals surface area (Å²) in [5.41, 5.74) is 1.07. The number of nitrogens with one attached hydrogen (secondary N) is 1. The second-order valence-electron chi connectivity index (χ2n) is 4.33. The van der Waals surface area contributed by atoms with Crippen molar-refractivity contribution in [1.82, 2.24) is 15.1 Å². The fourth-order valence-electron chi connectivity index (χ4n) is 2.02. The van der Waals surface area contributed by atoms with E-state index in [0.29, 0.717) is 0 Å². The van der Waals surface area contributed by atoms with Gasteiger partial charge in [-0.2, -0.15) is 5.10 Å². The molecule has 2 rings (SSSR count). The molecular weight excluding hydrogens is 338 g/mol. The lowest BCUT2D eigenvalue weighted by Gasteiger charge is -2.17. The fourth-order valence-corrected chi connectivity index (χ4v) is 3.64. The number of aromatic nitrogens is 2. The van der Waals surface area contributed by atoms with Crippen LogP contribution < -0.4 is 10.1 Å². The van der Waals surface area contributed by atoms with Crippen molar-refractivity contribution in [2.24, 2.45) is 7.05 Å². The molecule has 1 aromatic heterocycles. The molecule has 0 amide bonds. The van der Waals surface area contributed by atoms with Gasteiger partial charge in [-0.15, -0.1) is 11.8 Å². The molecule has 0 bridgehead atoms. The van der Waals surface area contributed by atoms with Crippen LogP contribution in [0.5, 0.6) is 5.75 Å². The molecular formula is C14H18BrN3OS. The quantitative estimate of drug-likeness (QED) is 0.807. The Morgan fingerprint density at radius 2 is 2.30 bits per heavy atom. The highest BCUT2D eigenvalue weighted by Gasteiger charge is 2.19. The Kier molecular flexibility index (Phi) is 5.51. The van der Waals surface area contributed by atoms with Crippen LogP contribution in [0, 0.1) is 0 Å². The van der Waals surface area contributed by atoms with Crippen LogP contribution in [-0.4, -0.2) is 29.7 Å². The molecule has 0 saturated carbocycles. The van der Waals surface area contributed by atoms with Crippen molar-refractivity contribution in [3.05, 3.63) is 40.6 Å². The van der Waals surface area contributed by atoms with Crippen molar-refractivity contribution in [2.75, 3.05) is 19.9 Å². The molecule has 6 heteroatoms. The zero-order chi connectivity index (χ0) is 14.5. The van der Waals surface area contributed by atoms with Gasteiger partial charge in [0.1, 0.15) is 0 Å². The molecule has 0 aliphatic carbocycles. The largest absolute Gasteiger partial charge is 0.493 e. The zero-order valence-corrected chi connectivity index (χ0v) is 14.2. The van der Waals surface area contributed by atoms with E-state index in [1.165, 1.54) is 4.90 Å². The molecule has 0 aliphatic rings. The van der Waals surface area contributed by atoms with Gasteiger partial charge < -0.3 is 10.1 Å². The van der Waals surface area contributed by atoms with E-state index in [2.05, 4.69) is 38.5 Å². The summed E-state index contributed by atoms with van der Waals surface area (Å²) < 4.78 is 8.34. The maximum Gasteiger partial charge on any atom is 0.161 e. The third-order valence-corrected chi connectivity index (χ3v) is 4.64. The second-order valence-corrected chi connectivity index (χ2v) is 6.34. The van der Waals surface area contributed by atoms with Crippen molar-refractivity contribution in [3.63, 3.8) is 0 Å². The third kappa shape index (κ3) is 3.56. The molecule has 1 atom stereocenters. The Morgan fingerprint density at radius 3 is 2.95 bits per heavy atom. The summed E-state index contributed by atoms with van der Waals surface area (Å²) >= 11 is 5.30. The number of methoxy groups -OCH3 is 1. The lowest BCUT2D eigenvalue weighted by atomic mass is 10.2. The van der Waals surface area contributed by atoms with Gasteiger partial charge in [0.25, 0.3) is 0 Å². The van der Waals surface area contributed by atoms with E-state index < -0.39 is 0 Å². The minimum absolute atomic E-state index is 0.182. The maximum absolute atomic E-state index is 5.38. The van der Waals surface area contributed by atoms with Crippen molar-refractivity contribution < 1.29 is 4.74 Å². The highest BCUT2D eigenvalue weighted by molar-refractivity contribution is 9.10. The van der Waals surface area contributed by atoms with Crippen LogP contribution in [0.2, 0.25) is 0 Å². The summed E-state index contributed by atoms with van der Waals surface area (Å²) in [5.74, 6) is 1.73. The number of halogens is 1. The summed E-state index contributed by atoms with van der Waals surface area (Å²) in [7, 11) is 5.57. The van der Waals surface area contributed by atoms with Crippen LogP contribution in [0.1, 0.15) is 11.7 Å². The highest BCUT2D eigenvalue weighted by atomic mass is 79.9. The average molecular weight is 356 g/mol. The molecule has 4 nitrogen and oxygen atoms in total. The van der Waals surface area contributed by atoms with Gasteiger partial charge in [-0.3, -0.25) is 4.68 Å². The first-order valence-electron chi connectivity index (χ1n) is 6.27. The lowest BCUT2D eigenvalue weighted by molar-refractivity contribution is 0.401. The fraction of sp³-hybridized carbons (Fsp3) is 0.357. The number of nitrogens with zero attached hydrogens (tertiary/aromatic N) is 2. The van der Waals surface area contributed by atoms with E-state index in [9.17, 15) is 0 Å². The minimum atomic E-state index is 0.182. The van der Waals surface area contributed by atoms with Gasteiger partial charge in [0.05, 0.1) is 25.0 Å². The van der Waals surface area contributed by atoms with Crippen LogP contribution in [0.4, 0.5) is 0 Å². The summed E-state index contributed by atoms with van der Waals surface area (Å²) in [6, 6.07) is 8.50. The van der Waals surface area contributed by atoms with Gasteiger partial charge >= 0.3 is 0 Å². The predicted octanol–water partition coefficient (Wildman–Crippen LogP) is 3.24. The molecule has 1 N–H and O–H groups in total. The Labute approximate surface area is 132 Å². The number of hydrogen-bond donors (Lipinski definition) is 1. The van der Waals surface area contributed by atoms with Crippen LogP contribution in [-0.2, 0) is 7.05 Å². The molecule has 0 saturated heterocycles. The first-order chi connectivity index (χ1) is 9.65. The molecule has 1 aromatic carbocycles. The Morgan fingerprint density at radius 1 is 1.50 bits per heavy atom.